The molecule has 1 aromatic carbocycles. The molecule has 2 rings (SSSR count). The molecule has 0 aliphatic rings. The van der Waals surface area contributed by atoms with Gasteiger partial charge in [0.2, 0.25) is 0 Å². The smallest absolute Gasteiger partial charge is 0.270 e. The number of aryl methyl sites for hydroxylation is 2. The molecule has 0 saturated heterocycles. The van der Waals surface area contributed by atoms with E-state index >= 15 is 0 Å². The van der Waals surface area contributed by atoms with E-state index in [4.69, 9.17) is 0 Å². The fourth-order valence-corrected chi connectivity index (χ4v) is 2.62. The van der Waals surface area contributed by atoms with Crippen molar-refractivity contribution in [3.63, 3.8) is 0 Å². The minimum absolute atomic E-state index is 0.161. The SMILES string of the molecule is CCCCc1c(-c2cccc(C)c2)[nH]n(CCCC)c1=O. The van der Waals surface area contributed by atoms with Crippen molar-refractivity contribution in [2.24, 2.45) is 0 Å². The first kappa shape index (κ1) is 15.6. The van der Waals surface area contributed by atoms with Gasteiger partial charge in [-0.3, -0.25) is 14.6 Å². The molecule has 0 aliphatic carbocycles. The summed E-state index contributed by atoms with van der Waals surface area (Å²) < 4.78 is 1.78. The first-order chi connectivity index (χ1) is 10.2. The van der Waals surface area contributed by atoms with Crippen molar-refractivity contribution in [3.8, 4) is 11.3 Å². The van der Waals surface area contributed by atoms with Crippen molar-refractivity contribution in [2.45, 2.75) is 59.4 Å². The Labute approximate surface area is 127 Å². The molecule has 21 heavy (non-hydrogen) atoms. The van der Waals surface area contributed by atoms with Crippen molar-refractivity contribution >= 4 is 0 Å². The molecule has 0 aliphatic heterocycles. The highest BCUT2D eigenvalue weighted by Crippen LogP contribution is 2.22. The Kier molecular flexibility index (Phi) is 5.43. The third-order valence-electron chi connectivity index (χ3n) is 3.87. The third kappa shape index (κ3) is 3.66. The van der Waals surface area contributed by atoms with Gasteiger partial charge in [0.1, 0.15) is 0 Å². The van der Waals surface area contributed by atoms with E-state index in [2.05, 4.69) is 50.1 Å². The van der Waals surface area contributed by atoms with Crippen molar-refractivity contribution in [3.05, 3.63) is 45.7 Å². The van der Waals surface area contributed by atoms with Gasteiger partial charge >= 0.3 is 0 Å². The molecule has 2 aromatic rings. The van der Waals surface area contributed by atoms with Gasteiger partial charge in [-0.05, 0) is 32.3 Å². The van der Waals surface area contributed by atoms with Crippen LogP contribution in [0.1, 0.15) is 50.7 Å². The Morgan fingerprint density at radius 1 is 1.14 bits per heavy atom. The topological polar surface area (TPSA) is 37.8 Å². The molecule has 0 saturated carbocycles. The number of unbranched alkanes of at least 4 members (excludes halogenated alkanes) is 2. The fourth-order valence-electron chi connectivity index (χ4n) is 2.62. The molecular weight excluding hydrogens is 260 g/mol. The average Bonchev–Trinajstić information content (AvgIpc) is 2.79. The first-order valence-electron chi connectivity index (χ1n) is 8.06. The number of rotatable bonds is 7. The van der Waals surface area contributed by atoms with Crippen LogP contribution in [-0.2, 0) is 13.0 Å². The molecule has 0 bridgehead atoms. The molecule has 0 fully saturated rings. The summed E-state index contributed by atoms with van der Waals surface area (Å²) in [6.45, 7) is 7.17. The van der Waals surface area contributed by atoms with E-state index in [1.54, 1.807) is 4.68 Å². The summed E-state index contributed by atoms with van der Waals surface area (Å²) in [6, 6.07) is 8.36. The fraction of sp³-hybridized carbons (Fsp3) is 0.500. The number of hydrogen-bond acceptors (Lipinski definition) is 1. The Morgan fingerprint density at radius 3 is 2.57 bits per heavy atom. The minimum Gasteiger partial charge on any atom is -0.295 e. The van der Waals surface area contributed by atoms with Crippen LogP contribution in [0, 0.1) is 6.92 Å². The number of hydrogen-bond donors (Lipinski definition) is 1. The van der Waals surface area contributed by atoms with Crippen molar-refractivity contribution in [1.82, 2.24) is 9.78 Å². The molecular formula is C18H26N2O. The number of nitrogens with zero attached hydrogens (tertiary/aromatic N) is 1. The Balaban J connectivity index is 2.44. The van der Waals surface area contributed by atoms with Crippen molar-refractivity contribution in [1.29, 1.82) is 0 Å². The monoisotopic (exact) mass is 286 g/mol. The predicted octanol–water partition coefficient (Wildman–Crippen LogP) is 4.29. The summed E-state index contributed by atoms with van der Waals surface area (Å²) in [6.07, 6.45) is 5.14. The maximum Gasteiger partial charge on any atom is 0.270 e. The second-order valence-corrected chi connectivity index (χ2v) is 5.75. The van der Waals surface area contributed by atoms with Gasteiger partial charge in [-0.2, -0.15) is 0 Å². The number of aromatic nitrogens is 2. The number of aromatic amines is 1. The molecule has 1 aromatic heterocycles. The third-order valence-corrected chi connectivity index (χ3v) is 3.87. The Hall–Kier alpha value is -1.77. The highest BCUT2D eigenvalue weighted by atomic mass is 16.1. The van der Waals surface area contributed by atoms with E-state index in [0.717, 1.165) is 55.5 Å². The van der Waals surface area contributed by atoms with Crippen LogP contribution >= 0.6 is 0 Å². The Bertz CT molecular complexity index is 637. The standard InChI is InChI=1S/C18H26N2O/c1-4-6-11-16-17(15-10-8-9-14(3)13-15)19-20(18(16)21)12-7-5-2/h8-10,13,19H,4-7,11-12H2,1-3H3. The molecule has 0 atom stereocenters. The molecule has 1 N–H and O–H groups in total. The Morgan fingerprint density at radius 2 is 1.90 bits per heavy atom. The maximum absolute atomic E-state index is 12.6. The molecule has 0 unspecified atom stereocenters. The van der Waals surface area contributed by atoms with E-state index in [-0.39, 0.29) is 5.56 Å². The van der Waals surface area contributed by atoms with Gasteiger partial charge in [0.25, 0.3) is 5.56 Å². The summed E-state index contributed by atoms with van der Waals surface area (Å²) in [4.78, 5) is 12.6. The van der Waals surface area contributed by atoms with E-state index in [1.165, 1.54) is 5.56 Å². The van der Waals surface area contributed by atoms with E-state index in [0.29, 0.717) is 0 Å². The largest absolute Gasteiger partial charge is 0.295 e. The zero-order chi connectivity index (χ0) is 15.2. The molecule has 3 nitrogen and oxygen atoms in total. The zero-order valence-electron chi connectivity index (χ0n) is 13.4. The van der Waals surface area contributed by atoms with E-state index in [1.807, 2.05) is 0 Å². The van der Waals surface area contributed by atoms with Crippen molar-refractivity contribution in [2.75, 3.05) is 0 Å². The van der Waals surface area contributed by atoms with Gasteiger partial charge in [-0.15, -0.1) is 0 Å². The molecule has 114 valence electrons. The van der Waals surface area contributed by atoms with Crippen LogP contribution in [0.4, 0.5) is 0 Å². The molecule has 3 heteroatoms. The van der Waals surface area contributed by atoms with Gasteiger partial charge in [-0.1, -0.05) is 50.5 Å². The highest BCUT2D eigenvalue weighted by Gasteiger charge is 2.15. The minimum atomic E-state index is 0.161. The molecule has 1 heterocycles. The maximum atomic E-state index is 12.6. The lowest BCUT2D eigenvalue weighted by molar-refractivity contribution is 0.557. The second kappa shape index (κ2) is 7.30. The lowest BCUT2D eigenvalue weighted by Crippen LogP contribution is -2.19. The van der Waals surface area contributed by atoms with E-state index in [9.17, 15) is 4.79 Å². The van der Waals surface area contributed by atoms with Crippen LogP contribution in [-0.4, -0.2) is 9.78 Å². The van der Waals surface area contributed by atoms with Crippen LogP contribution in [0.3, 0.4) is 0 Å². The summed E-state index contributed by atoms with van der Waals surface area (Å²) >= 11 is 0. The van der Waals surface area contributed by atoms with Gasteiger partial charge in [0.05, 0.1) is 5.69 Å². The van der Waals surface area contributed by atoms with Gasteiger partial charge in [0.15, 0.2) is 0 Å². The van der Waals surface area contributed by atoms with Gasteiger partial charge in [0, 0.05) is 17.7 Å². The number of benzene rings is 1. The van der Waals surface area contributed by atoms with Gasteiger partial charge in [-0.25, -0.2) is 0 Å². The van der Waals surface area contributed by atoms with Crippen LogP contribution in [0.25, 0.3) is 11.3 Å². The average molecular weight is 286 g/mol. The second-order valence-electron chi connectivity index (χ2n) is 5.75. The van der Waals surface area contributed by atoms with E-state index < -0.39 is 0 Å². The van der Waals surface area contributed by atoms with Crippen LogP contribution < -0.4 is 5.56 Å². The van der Waals surface area contributed by atoms with Crippen LogP contribution in [0.15, 0.2) is 29.1 Å². The summed E-state index contributed by atoms with van der Waals surface area (Å²) in [7, 11) is 0. The summed E-state index contributed by atoms with van der Waals surface area (Å²) in [5.41, 5.74) is 4.45. The predicted molar refractivity (Wildman–Crippen MR) is 88.7 cm³/mol. The molecule has 0 radical (unpaired) electrons. The molecule has 0 amide bonds. The van der Waals surface area contributed by atoms with Crippen LogP contribution in [0.5, 0.6) is 0 Å². The lowest BCUT2D eigenvalue weighted by Gasteiger charge is -2.03. The summed E-state index contributed by atoms with van der Waals surface area (Å²) in [5, 5.41) is 3.34. The number of nitrogens with one attached hydrogen (secondary N) is 1. The van der Waals surface area contributed by atoms with Gasteiger partial charge < -0.3 is 0 Å². The summed E-state index contributed by atoms with van der Waals surface area (Å²) in [5.74, 6) is 0. The molecule has 0 spiro atoms. The first-order valence-corrected chi connectivity index (χ1v) is 8.06. The number of H-pyrrole nitrogens is 1. The quantitative estimate of drug-likeness (QED) is 0.810. The normalized spacial score (nSPS) is 11.0. The van der Waals surface area contributed by atoms with Crippen molar-refractivity contribution < 1.29 is 0 Å². The van der Waals surface area contributed by atoms with Crippen LogP contribution in [0.2, 0.25) is 0 Å². The highest BCUT2D eigenvalue weighted by molar-refractivity contribution is 5.63. The zero-order valence-corrected chi connectivity index (χ0v) is 13.4. The lowest BCUT2D eigenvalue weighted by atomic mass is 10.0.